The summed E-state index contributed by atoms with van der Waals surface area (Å²) in [4.78, 5) is 13.2. The van der Waals surface area contributed by atoms with Crippen LogP contribution in [0.25, 0.3) is 21.0 Å². The Morgan fingerprint density at radius 2 is 2.00 bits per heavy atom. The van der Waals surface area contributed by atoms with Crippen molar-refractivity contribution in [3.8, 4) is 10.6 Å². The molecule has 0 spiro atoms. The number of nitrogen functional groups attached to an aromatic ring is 1. The summed E-state index contributed by atoms with van der Waals surface area (Å²) < 4.78 is 13.2. The van der Waals surface area contributed by atoms with Gasteiger partial charge >= 0.3 is 0 Å². The molecule has 0 aliphatic rings. The minimum atomic E-state index is -0.339. The molecule has 3 aromatic rings. The smallest absolute Gasteiger partial charge is 0.190 e. The van der Waals surface area contributed by atoms with Crippen molar-refractivity contribution in [2.24, 2.45) is 0 Å². The predicted octanol–water partition coefficient (Wildman–Crippen LogP) is 2.47. The van der Waals surface area contributed by atoms with Gasteiger partial charge in [-0.05, 0) is 18.2 Å². The number of rotatable bonds is 1. The van der Waals surface area contributed by atoms with Crippen molar-refractivity contribution in [3.05, 3.63) is 36.4 Å². The van der Waals surface area contributed by atoms with E-state index in [2.05, 4.69) is 15.0 Å². The molecule has 84 valence electrons. The Hall–Kier alpha value is -2.08. The highest BCUT2D eigenvalue weighted by molar-refractivity contribution is 7.21. The van der Waals surface area contributed by atoms with E-state index in [0.717, 1.165) is 0 Å². The Balaban J connectivity index is 2.23. The van der Waals surface area contributed by atoms with Gasteiger partial charge in [0.1, 0.15) is 10.8 Å². The molecular formula is C11H7FN4S. The quantitative estimate of drug-likeness (QED) is 0.670. The van der Waals surface area contributed by atoms with Crippen molar-refractivity contribution in [2.75, 3.05) is 5.73 Å². The van der Waals surface area contributed by atoms with Gasteiger partial charge in [0.15, 0.2) is 10.5 Å². The van der Waals surface area contributed by atoms with E-state index in [-0.39, 0.29) is 5.82 Å². The zero-order valence-electron chi connectivity index (χ0n) is 8.59. The van der Waals surface area contributed by atoms with Gasteiger partial charge < -0.3 is 5.73 Å². The van der Waals surface area contributed by atoms with Crippen molar-refractivity contribution in [1.29, 1.82) is 0 Å². The second kappa shape index (κ2) is 3.74. The molecule has 1 aromatic carbocycles. The maximum atomic E-state index is 13.2. The molecule has 0 unspecified atom stereocenters. The van der Waals surface area contributed by atoms with Crippen molar-refractivity contribution < 1.29 is 4.39 Å². The largest absolute Gasteiger partial charge is 0.398 e. The Bertz CT molecular complexity index is 662. The lowest BCUT2D eigenvalue weighted by Crippen LogP contribution is -1.90. The Labute approximate surface area is 100.0 Å². The summed E-state index contributed by atoms with van der Waals surface area (Å²) in [5, 5.41) is 0.628. The van der Waals surface area contributed by atoms with Crippen LogP contribution in [0.1, 0.15) is 0 Å². The van der Waals surface area contributed by atoms with Crippen LogP contribution in [0.15, 0.2) is 30.6 Å². The van der Waals surface area contributed by atoms with Gasteiger partial charge in [0.05, 0.1) is 0 Å². The molecule has 2 aromatic heterocycles. The van der Waals surface area contributed by atoms with Crippen LogP contribution in [0.3, 0.4) is 0 Å². The first-order valence-electron chi connectivity index (χ1n) is 4.87. The number of halogens is 1. The molecule has 0 saturated heterocycles. The number of nitrogens with two attached hydrogens (primary N) is 1. The number of benzene rings is 1. The molecule has 0 aliphatic carbocycles. The average Bonchev–Trinajstić information content (AvgIpc) is 2.75. The fraction of sp³-hybridized carbons (Fsp3) is 0. The monoisotopic (exact) mass is 246 g/mol. The minimum absolute atomic E-state index is 0.339. The van der Waals surface area contributed by atoms with Crippen LogP contribution >= 0.6 is 11.3 Å². The van der Waals surface area contributed by atoms with E-state index in [4.69, 9.17) is 5.73 Å². The van der Waals surface area contributed by atoms with E-state index < -0.39 is 0 Å². The Morgan fingerprint density at radius 1 is 1.18 bits per heavy atom. The van der Waals surface area contributed by atoms with E-state index >= 15 is 0 Å². The van der Waals surface area contributed by atoms with Crippen LogP contribution in [-0.2, 0) is 0 Å². The van der Waals surface area contributed by atoms with E-state index in [1.54, 1.807) is 12.4 Å². The maximum Gasteiger partial charge on any atom is 0.190 e. The van der Waals surface area contributed by atoms with Gasteiger partial charge in [-0.25, -0.2) is 19.3 Å². The highest BCUT2D eigenvalue weighted by Crippen LogP contribution is 2.31. The molecule has 17 heavy (non-hydrogen) atoms. The van der Waals surface area contributed by atoms with E-state index in [1.165, 1.54) is 29.5 Å². The number of anilines is 1. The van der Waals surface area contributed by atoms with E-state index in [1.807, 2.05) is 0 Å². The zero-order valence-corrected chi connectivity index (χ0v) is 9.41. The van der Waals surface area contributed by atoms with Crippen molar-refractivity contribution in [3.63, 3.8) is 0 Å². The van der Waals surface area contributed by atoms with Crippen molar-refractivity contribution in [1.82, 2.24) is 15.0 Å². The zero-order chi connectivity index (χ0) is 11.8. The van der Waals surface area contributed by atoms with Crippen LogP contribution < -0.4 is 5.73 Å². The molecule has 0 radical (unpaired) electrons. The molecule has 0 saturated carbocycles. The van der Waals surface area contributed by atoms with Crippen LogP contribution in [-0.4, -0.2) is 15.0 Å². The molecule has 0 atom stereocenters. The summed E-state index contributed by atoms with van der Waals surface area (Å²) in [5.74, 6) is -0.339. The minimum Gasteiger partial charge on any atom is -0.398 e. The van der Waals surface area contributed by atoms with Gasteiger partial charge in [0.2, 0.25) is 0 Å². The third-order valence-corrected chi connectivity index (χ3v) is 3.28. The number of hydrogen-bond acceptors (Lipinski definition) is 5. The maximum absolute atomic E-state index is 13.2. The number of aromatic nitrogens is 3. The van der Waals surface area contributed by atoms with Crippen LogP contribution in [0.2, 0.25) is 0 Å². The third kappa shape index (κ3) is 1.72. The first-order valence-corrected chi connectivity index (χ1v) is 5.68. The third-order valence-electron chi connectivity index (χ3n) is 2.29. The molecule has 0 amide bonds. The number of nitrogens with zero attached hydrogens (tertiary/aromatic N) is 3. The lowest BCUT2D eigenvalue weighted by Gasteiger charge is -2.00. The van der Waals surface area contributed by atoms with Crippen molar-refractivity contribution >= 4 is 27.5 Å². The van der Waals surface area contributed by atoms with E-state index in [9.17, 15) is 4.39 Å². The molecule has 0 aliphatic heterocycles. The first kappa shape index (κ1) is 10.1. The molecule has 0 bridgehead atoms. The summed E-state index contributed by atoms with van der Waals surface area (Å²) in [7, 11) is 0. The van der Waals surface area contributed by atoms with Gasteiger partial charge in [-0.1, -0.05) is 11.3 Å². The lowest BCUT2D eigenvalue weighted by molar-refractivity contribution is 0.628. The fourth-order valence-corrected chi connectivity index (χ4v) is 2.41. The first-order chi connectivity index (χ1) is 8.24. The van der Waals surface area contributed by atoms with E-state index in [0.29, 0.717) is 26.7 Å². The number of thiazole rings is 1. The average molecular weight is 246 g/mol. The number of hydrogen-bond donors (Lipinski definition) is 1. The van der Waals surface area contributed by atoms with Gasteiger partial charge in [-0.3, -0.25) is 0 Å². The van der Waals surface area contributed by atoms with Crippen LogP contribution in [0.5, 0.6) is 0 Å². The predicted molar refractivity (Wildman–Crippen MR) is 65.0 cm³/mol. The SMILES string of the molecule is Nc1ccc(F)cc1-c1nc2nccnc2s1. The van der Waals surface area contributed by atoms with Crippen molar-refractivity contribution in [2.45, 2.75) is 0 Å². The summed E-state index contributed by atoms with van der Waals surface area (Å²) in [6.07, 6.45) is 3.17. The lowest BCUT2D eigenvalue weighted by atomic mass is 10.2. The van der Waals surface area contributed by atoms with Gasteiger partial charge in [0.25, 0.3) is 0 Å². The molecule has 4 nitrogen and oxygen atoms in total. The highest BCUT2D eigenvalue weighted by atomic mass is 32.1. The molecule has 2 N–H and O–H groups in total. The molecule has 0 fully saturated rings. The Morgan fingerprint density at radius 3 is 2.82 bits per heavy atom. The molecule has 2 heterocycles. The summed E-state index contributed by atoms with van der Waals surface area (Å²) >= 11 is 1.34. The fourth-order valence-electron chi connectivity index (χ4n) is 1.51. The van der Waals surface area contributed by atoms with Crippen LogP contribution in [0, 0.1) is 5.82 Å². The highest BCUT2D eigenvalue weighted by Gasteiger charge is 2.11. The summed E-state index contributed by atoms with van der Waals surface area (Å²) in [6.45, 7) is 0. The standard InChI is InChI=1S/C11H7FN4S/c12-6-1-2-8(13)7(5-6)10-16-9-11(17-10)15-4-3-14-9/h1-5H,13H2. The molecule has 3 rings (SSSR count). The number of fused-ring (bicyclic) bond motifs is 1. The van der Waals surface area contributed by atoms with Gasteiger partial charge in [-0.15, -0.1) is 0 Å². The molecular weight excluding hydrogens is 239 g/mol. The normalized spacial score (nSPS) is 10.9. The topological polar surface area (TPSA) is 64.7 Å². The second-order valence-corrected chi connectivity index (χ2v) is 4.41. The van der Waals surface area contributed by atoms with Gasteiger partial charge in [0, 0.05) is 23.6 Å². The summed E-state index contributed by atoms with van der Waals surface area (Å²) in [6, 6.07) is 4.22. The van der Waals surface area contributed by atoms with Gasteiger partial charge in [-0.2, -0.15) is 0 Å². The van der Waals surface area contributed by atoms with Crippen LogP contribution in [0.4, 0.5) is 10.1 Å². The Kier molecular flexibility index (Phi) is 2.22. The summed E-state index contributed by atoms with van der Waals surface area (Å²) in [5.41, 5.74) is 7.42. The second-order valence-electron chi connectivity index (χ2n) is 3.44. The molecule has 6 heteroatoms.